The maximum atomic E-state index is 14.5. The maximum Gasteiger partial charge on any atom is 0.227 e. The van der Waals surface area contributed by atoms with Gasteiger partial charge in [0.25, 0.3) is 0 Å². The maximum absolute atomic E-state index is 14.5. The zero-order chi connectivity index (χ0) is 26.9. The van der Waals surface area contributed by atoms with Gasteiger partial charge in [0.05, 0.1) is 31.7 Å². The van der Waals surface area contributed by atoms with Gasteiger partial charge in [0, 0.05) is 37.9 Å². The fourth-order valence-corrected chi connectivity index (χ4v) is 4.07. The minimum Gasteiger partial charge on any atom is -0.494 e. The lowest BCUT2D eigenvalue weighted by molar-refractivity contribution is 0.224. The van der Waals surface area contributed by atoms with Gasteiger partial charge in [-0.1, -0.05) is 0 Å². The number of anilines is 2. The molecule has 2 N–H and O–H groups in total. The number of benzene rings is 2. The molecule has 2 heterocycles. The Morgan fingerprint density at radius 1 is 0.974 bits per heavy atom. The summed E-state index contributed by atoms with van der Waals surface area (Å²) in [4.78, 5) is 10.7. The highest BCUT2D eigenvalue weighted by molar-refractivity contribution is 5.55. The zero-order valence-corrected chi connectivity index (χ0v) is 21.5. The summed E-state index contributed by atoms with van der Waals surface area (Å²) >= 11 is 0. The van der Waals surface area contributed by atoms with Gasteiger partial charge >= 0.3 is 0 Å². The topological polar surface area (TPSA) is 80.8 Å². The van der Waals surface area contributed by atoms with Gasteiger partial charge in [0.2, 0.25) is 5.95 Å². The van der Waals surface area contributed by atoms with E-state index in [1.165, 1.54) is 38.6 Å². The SMILES string of the molecule is COc1cc(C)c(F)c(COc2cnc(Nc3ccc(OCCCCN4CCNCC4)c(F)c3)nc2)c1F. The van der Waals surface area contributed by atoms with E-state index in [2.05, 4.69) is 25.5 Å². The largest absolute Gasteiger partial charge is 0.494 e. The van der Waals surface area contributed by atoms with Gasteiger partial charge in [-0.05, 0) is 50.1 Å². The molecule has 204 valence electrons. The predicted molar refractivity (Wildman–Crippen MR) is 138 cm³/mol. The van der Waals surface area contributed by atoms with Gasteiger partial charge in [0.1, 0.15) is 12.4 Å². The molecule has 38 heavy (non-hydrogen) atoms. The van der Waals surface area contributed by atoms with E-state index in [1.807, 2.05) is 0 Å². The Morgan fingerprint density at radius 2 is 1.74 bits per heavy atom. The number of halogens is 3. The lowest BCUT2D eigenvalue weighted by Crippen LogP contribution is -2.43. The Bertz CT molecular complexity index is 1210. The standard InChI is InChI=1S/C27H32F3N5O3/c1-18-13-24(36-2)26(30)21(25(18)29)17-38-20-15-32-27(33-16-20)34-19-5-6-23(22(28)14-19)37-12-4-3-9-35-10-7-31-8-11-35/h5-6,13-16,31H,3-4,7-12,17H2,1-2H3,(H,32,33,34). The third kappa shape index (κ3) is 7.26. The molecule has 0 bridgehead atoms. The first-order chi connectivity index (χ1) is 18.4. The minimum atomic E-state index is -0.820. The fraction of sp³-hybridized carbons (Fsp3) is 0.407. The molecule has 3 aromatic rings. The average molecular weight is 532 g/mol. The normalized spacial score (nSPS) is 13.8. The van der Waals surface area contributed by atoms with Crippen LogP contribution in [0.2, 0.25) is 0 Å². The van der Waals surface area contributed by atoms with E-state index in [-0.39, 0.29) is 40.9 Å². The monoisotopic (exact) mass is 531 g/mol. The van der Waals surface area contributed by atoms with Crippen LogP contribution in [0.4, 0.5) is 24.8 Å². The summed E-state index contributed by atoms with van der Waals surface area (Å²) in [6.07, 6.45) is 4.56. The molecule has 1 aliphatic rings. The lowest BCUT2D eigenvalue weighted by atomic mass is 10.1. The summed E-state index contributed by atoms with van der Waals surface area (Å²) < 4.78 is 59.3. The number of aromatic nitrogens is 2. The number of rotatable bonds is 12. The summed E-state index contributed by atoms with van der Waals surface area (Å²) in [6.45, 7) is 6.79. The number of piperazine rings is 1. The molecule has 0 aliphatic carbocycles. The van der Waals surface area contributed by atoms with Crippen LogP contribution in [0.25, 0.3) is 0 Å². The molecule has 0 unspecified atom stereocenters. The van der Waals surface area contributed by atoms with Crippen LogP contribution in [0.1, 0.15) is 24.0 Å². The van der Waals surface area contributed by atoms with Crippen molar-refractivity contribution in [3.8, 4) is 17.2 Å². The molecule has 0 amide bonds. The van der Waals surface area contributed by atoms with Gasteiger partial charge in [-0.25, -0.2) is 23.1 Å². The van der Waals surface area contributed by atoms with Crippen LogP contribution in [0.15, 0.2) is 36.7 Å². The Kier molecular flexibility index (Phi) is 9.61. The van der Waals surface area contributed by atoms with Crippen molar-refractivity contribution in [2.45, 2.75) is 26.4 Å². The van der Waals surface area contributed by atoms with Crippen LogP contribution in [0.5, 0.6) is 17.2 Å². The molecule has 0 atom stereocenters. The highest BCUT2D eigenvalue weighted by Crippen LogP contribution is 2.28. The third-order valence-electron chi connectivity index (χ3n) is 6.20. The molecule has 8 nitrogen and oxygen atoms in total. The molecule has 1 aromatic heterocycles. The molecule has 1 fully saturated rings. The van der Waals surface area contributed by atoms with Gasteiger partial charge in [-0.3, -0.25) is 0 Å². The number of unbranched alkanes of at least 4 members (excludes halogenated alkanes) is 1. The van der Waals surface area contributed by atoms with E-state index in [0.29, 0.717) is 12.3 Å². The molecule has 1 aliphatic heterocycles. The number of ether oxygens (including phenoxy) is 3. The van der Waals surface area contributed by atoms with Crippen LogP contribution in [0.3, 0.4) is 0 Å². The van der Waals surface area contributed by atoms with Crippen molar-refractivity contribution in [3.63, 3.8) is 0 Å². The second kappa shape index (κ2) is 13.3. The highest BCUT2D eigenvalue weighted by atomic mass is 19.1. The number of methoxy groups -OCH3 is 1. The molecule has 0 saturated carbocycles. The number of hydrogen-bond donors (Lipinski definition) is 2. The zero-order valence-electron chi connectivity index (χ0n) is 21.5. The minimum absolute atomic E-state index is 0.0623. The van der Waals surface area contributed by atoms with Gasteiger partial charge in [-0.15, -0.1) is 0 Å². The van der Waals surface area contributed by atoms with Gasteiger partial charge < -0.3 is 29.7 Å². The number of aryl methyl sites for hydroxylation is 1. The van der Waals surface area contributed by atoms with Crippen molar-refractivity contribution in [2.75, 3.05) is 51.8 Å². The number of nitrogens with zero attached hydrogens (tertiary/aromatic N) is 3. The van der Waals surface area contributed by atoms with Crippen molar-refractivity contribution in [2.24, 2.45) is 0 Å². The smallest absolute Gasteiger partial charge is 0.227 e. The summed E-state index contributed by atoms with van der Waals surface area (Å²) in [6, 6.07) is 5.82. The predicted octanol–water partition coefficient (Wildman–Crippen LogP) is 4.60. The van der Waals surface area contributed by atoms with Crippen molar-refractivity contribution in [1.29, 1.82) is 0 Å². The van der Waals surface area contributed by atoms with Crippen molar-refractivity contribution >= 4 is 11.6 Å². The third-order valence-corrected chi connectivity index (χ3v) is 6.20. The second-order valence-electron chi connectivity index (χ2n) is 8.95. The first-order valence-corrected chi connectivity index (χ1v) is 12.5. The highest BCUT2D eigenvalue weighted by Gasteiger charge is 2.18. The summed E-state index contributed by atoms with van der Waals surface area (Å²) in [5, 5.41) is 6.24. The van der Waals surface area contributed by atoms with Crippen molar-refractivity contribution < 1.29 is 27.4 Å². The molecule has 0 spiro atoms. The number of nitrogens with one attached hydrogen (secondary N) is 2. The van der Waals surface area contributed by atoms with Crippen molar-refractivity contribution in [1.82, 2.24) is 20.2 Å². The van der Waals surface area contributed by atoms with E-state index < -0.39 is 17.5 Å². The summed E-state index contributed by atoms with van der Waals surface area (Å²) in [5.74, 6) is -1.47. The van der Waals surface area contributed by atoms with Crippen LogP contribution in [-0.4, -0.2) is 61.3 Å². The van der Waals surface area contributed by atoms with Crippen LogP contribution < -0.4 is 24.8 Å². The van der Waals surface area contributed by atoms with E-state index in [0.717, 1.165) is 45.6 Å². The Labute approximate surface area is 220 Å². The second-order valence-corrected chi connectivity index (χ2v) is 8.95. The lowest BCUT2D eigenvalue weighted by Gasteiger charge is -2.26. The van der Waals surface area contributed by atoms with E-state index in [1.54, 1.807) is 12.1 Å². The summed E-state index contributed by atoms with van der Waals surface area (Å²) in [7, 11) is 1.31. The first-order valence-electron chi connectivity index (χ1n) is 12.5. The molecular weight excluding hydrogens is 499 g/mol. The van der Waals surface area contributed by atoms with Crippen LogP contribution in [0, 0.1) is 24.4 Å². The summed E-state index contributed by atoms with van der Waals surface area (Å²) in [5.41, 5.74) is 0.437. The molecule has 1 saturated heterocycles. The Morgan fingerprint density at radius 3 is 2.45 bits per heavy atom. The average Bonchev–Trinajstić information content (AvgIpc) is 2.93. The first kappa shape index (κ1) is 27.5. The van der Waals surface area contributed by atoms with E-state index in [4.69, 9.17) is 14.2 Å². The van der Waals surface area contributed by atoms with Crippen LogP contribution in [-0.2, 0) is 6.61 Å². The molecule has 11 heteroatoms. The quantitative estimate of drug-likeness (QED) is 0.329. The Hall–Kier alpha value is -3.57. The molecular formula is C27H32F3N5O3. The van der Waals surface area contributed by atoms with E-state index in [9.17, 15) is 13.2 Å². The fourth-order valence-electron chi connectivity index (χ4n) is 4.07. The van der Waals surface area contributed by atoms with Gasteiger partial charge in [-0.2, -0.15) is 0 Å². The van der Waals surface area contributed by atoms with Gasteiger partial charge in [0.15, 0.2) is 28.9 Å². The number of hydrogen-bond acceptors (Lipinski definition) is 8. The Balaban J connectivity index is 1.25. The van der Waals surface area contributed by atoms with Crippen LogP contribution >= 0.6 is 0 Å². The van der Waals surface area contributed by atoms with E-state index >= 15 is 0 Å². The molecule has 2 aromatic carbocycles. The molecule has 0 radical (unpaired) electrons. The van der Waals surface area contributed by atoms with Crippen molar-refractivity contribution in [3.05, 3.63) is 65.2 Å². The molecule has 4 rings (SSSR count).